The molecule has 1 amide bonds. The molecule has 0 aliphatic heterocycles. The van der Waals surface area contributed by atoms with Crippen LogP contribution in [0.1, 0.15) is 39.3 Å². The number of guanidine groups is 1. The Morgan fingerprint density at radius 2 is 1.81 bits per heavy atom. The third kappa shape index (κ3) is 8.77. The Morgan fingerprint density at radius 1 is 1.19 bits per heavy atom. The minimum Gasteiger partial charge on any atom is -0.497 e. The molecular formula is C20H35N5O2. The summed E-state index contributed by atoms with van der Waals surface area (Å²) >= 11 is 0. The average molecular weight is 378 g/mol. The van der Waals surface area contributed by atoms with E-state index < -0.39 is 0 Å². The number of amides is 1. The zero-order valence-corrected chi connectivity index (χ0v) is 17.7. The molecule has 0 fully saturated rings. The van der Waals surface area contributed by atoms with Gasteiger partial charge in [0.05, 0.1) is 13.2 Å². The van der Waals surface area contributed by atoms with Gasteiger partial charge in [-0.25, -0.2) is 4.99 Å². The minimum atomic E-state index is -0.261. The maximum atomic E-state index is 12.0. The third-order valence-electron chi connectivity index (χ3n) is 3.83. The standard InChI is InChI=1S/C20H35N5O2/c1-8-21-19(23-14-18(26)24-20(2,3)4)22-13-17(25(5)6)15-9-11-16(27-7)12-10-15/h9-12,17H,8,13-14H2,1-7H3,(H,24,26)(H2,21,22,23). The normalized spacial score (nSPS) is 13.3. The number of hydrogen-bond donors (Lipinski definition) is 3. The molecule has 1 aromatic rings. The molecule has 0 radical (unpaired) electrons. The molecular weight excluding hydrogens is 342 g/mol. The Morgan fingerprint density at radius 3 is 2.30 bits per heavy atom. The van der Waals surface area contributed by atoms with E-state index in [1.165, 1.54) is 5.56 Å². The molecule has 1 aromatic carbocycles. The quantitative estimate of drug-likeness (QED) is 0.475. The van der Waals surface area contributed by atoms with Crippen LogP contribution >= 0.6 is 0 Å². The summed E-state index contributed by atoms with van der Waals surface area (Å²) in [5.41, 5.74) is 0.914. The second kappa shape index (κ2) is 10.8. The first-order chi connectivity index (χ1) is 12.7. The van der Waals surface area contributed by atoms with E-state index in [1.54, 1.807) is 7.11 Å². The predicted octanol–water partition coefficient (Wildman–Crippen LogP) is 1.77. The van der Waals surface area contributed by atoms with E-state index in [2.05, 4.69) is 38.0 Å². The molecule has 27 heavy (non-hydrogen) atoms. The van der Waals surface area contributed by atoms with Crippen LogP contribution in [0.4, 0.5) is 0 Å². The van der Waals surface area contributed by atoms with E-state index in [0.29, 0.717) is 12.5 Å². The van der Waals surface area contributed by atoms with Crippen LogP contribution in [-0.2, 0) is 4.79 Å². The molecule has 0 heterocycles. The molecule has 0 aliphatic carbocycles. The number of carbonyl (C=O) groups excluding carboxylic acids is 1. The highest BCUT2D eigenvalue weighted by molar-refractivity contribution is 5.85. The van der Waals surface area contributed by atoms with Crippen molar-refractivity contribution >= 4 is 11.9 Å². The molecule has 7 heteroatoms. The van der Waals surface area contributed by atoms with Gasteiger partial charge < -0.3 is 25.6 Å². The topological polar surface area (TPSA) is 78.0 Å². The van der Waals surface area contributed by atoms with Crippen LogP contribution in [0.15, 0.2) is 29.3 Å². The fourth-order valence-corrected chi connectivity index (χ4v) is 2.57. The van der Waals surface area contributed by atoms with Crippen molar-refractivity contribution in [3.63, 3.8) is 0 Å². The monoisotopic (exact) mass is 377 g/mol. The highest BCUT2D eigenvalue weighted by Gasteiger charge is 2.16. The number of rotatable bonds is 8. The highest BCUT2D eigenvalue weighted by atomic mass is 16.5. The van der Waals surface area contributed by atoms with Crippen LogP contribution in [0.2, 0.25) is 0 Å². The number of nitrogens with one attached hydrogen (secondary N) is 3. The molecule has 0 saturated carbocycles. The number of methoxy groups -OCH3 is 1. The fourth-order valence-electron chi connectivity index (χ4n) is 2.57. The van der Waals surface area contributed by atoms with Crippen molar-refractivity contribution in [3.05, 3.63) is 29.8 Å². The first-order valence-electron chi connectivity index (χ1n) is 9.30. The van der Waals surface area contributed by atoms with Gasteiger partial charge in [0.2, 0.25) is 5.91 Å². The van der Waals surface area contributed by atoms with Gasteiger partial charge in [0.15, 0.2) is 5.96 Å². The SMILES string of the molecule is CCNC(=NCC(=O)NC(C)(C)C)NCC(c1ccc(OC)cc1)N(C)C. The van der Waals surface area contributed by atoms with Gasteiger partial charge in [-0.3, -0.25) is 4.79 Å². The lowest BCUT2D eigenvalue weighted by molar-refractivity contribution is -0.121. The summed E-state index contributed by atoms with van der Waals surface area (Å²) in [5.74, 6) is 1.37. The third-order valence-corrected chi connectivity index (χ3v) is 3.83. The fraction of sp³-hybridized carbons (Fsp3) is 0.600. The maximum absolute atomic E-state index is 12.0. The Hall–Kier alpha value is -2.28. The highest BCUT2D eigenvalue weighted by Crippen LogP contribution is 2.20. The van der Waals surface area contributed by atoms with Crippen LogP contribution in [0.25, 0.3) is 0 Å². The molecule has 1 atom stereocenters. The number of carbonyl (C=O) groups is 1. The van der Waals surface area contributed by atoms with Gasteiger partial charge in [-0.2, -0.15) is 0 Å². The van der Waals surface area contributed by atoms with Crippen molar-refractivity contribution in [2.75, 3.05) is 40.8 Å². The molecule has 0 aliphatic rings. The summed E-state index contributed by atoms with van der Waals surface area (Å²) in [5, 5.41) is 9.43. The Labute approximate surface area is 163 Å². The summed E-state index contributed by atoms with van der Waals surface area (Å²) in [7, 11) is 5.74. The molecule has 1 rings (SSSR count). The van der Waals surface area contributed by atoms with Crippen molar-refractivity contribution in [3.8, 4) is 5.75 Å². The molecule has 0 saturated heterocycles. The number of hydrogen-bond acceptors (Lipinski definition) is 4. The summed E-state index contributed by atoms with van der Waals surface area (Å²) < 4.78 is 5.23. The van der Waals surface area contributed by atoms with Crippen LogP contribution < -0.4 is 20.7 Å². The van der Waals surface area contributed by atoms with E-state index >= 15 is 0 Å². The van der Waals surface area contributed by atoms with Gasteiger partial charge in [0.1, 0.15) is 12.3 Å². The van der Waals surface area contributed by atoms with E-state index in [-0.39, 0.29) is 24.0 Å². The van der Waals surface area contributed by atoms with Gasteiger partial charge in [-0.15, -0.1) is 0 Å². The van der Waals surface area contributed by atoms with E-state index in [0.717, 1.165) is 12.3 Å². The smallest absolute Gasteiger partial charge is 0.242 e. The number of nitrogens with zero attached hydrogens (tertiary/aromatic N) is 2. The van der Waals surface area contributed by atoms with Crippen LogP contribution in [0.3, 0.4) is 0 Å². The number of likely N-dealkylation sites (N-methyl/N-ethyl adjacent to an activating group) is 1. The summed E-state index contributed by atoms with van der Waals surface area (Å²) in [6, 6.07) is 8.20. The van der Waals surface area contributed by atoms with E-state index in [4.69, 9.17) is 4.74 Å². The Bertz CT molecular complexity index is 606. The first-order valence-corrected chi connectivity index (χ1v) is 9.30. The Kier molecular flexibility index (Phi) is 9.08. The van der Waals surface area contributed by atoms with E-state index in [1.807, 2.05) is 53.9 Å². The van der Waals surface area contributed by atoms with Gasteiger partial charge >= 0.3 is 0 Å². The zero-order valence-electron chi connectivity index (χ0n) is 17.7. The molecule has 0 bridgehead atoms. The van der Waals surface area contributed by atoms with Crippen LogP contribution in [0.5, 0.6) is 5.75 Å². The van der Waals surface area contributed by atoms with Gasteiger partial charge in [-0.05, 0) is 59.5 Å². The summed E-state index contributed by atoms with van der Waals surface area (Å²) in [6.07, 6.45) is 0. The predicted molar refractivity (Wildman–Crippen MR) is 111 cm³/mol. The number of benzene rings is 1. The summed E-state index contributed by atoms with van der Waals surface area (Å²) in [6.45, 7) is 9.33. The second-order valence-electron chi connectivity index (χ2n) is 7.63. The van der Waals surface area contributed by atoms with Crippen molar-refractivity contribution < 1.29 is 9.53 Å². The largest absolute Gasteiger partial charge is 0.497 e. The van der Waals surface area contributed by atoms with Crippen molar-refractivity contribution in [1.29, 1.82) is 0 Å². The van der Waals surface area contributed by atoms with E-state index in [9.17, 15) is 4.79 Å². The molecule has 0 aromatic heterocycles. The molecule has 0 spiro atoms. The minimum absolute atomic E-state index is 0.0851. The van der Waals surface area contributed by atoms with Crippen molar-refractivity contribution in [2.45, 2.75) is 39.3 Å². The van der Waals surface area contributed by atoms with Crippen molar-refractivity contribution in [2.24, 2.45) is 4.99 Å². The summed E-state index contributed by atoms with van der Waals surface area (Å²) in [4.78, 5) is 18.5. The van der Waals surface area contributed by atoms with Gasteiger partial charge in [-0.1, -0.05) is 12.1 Å². The number of aliphatic imine (C=N–C) groups is 1. The average Bonchev–Trinajstić information content (AvgIpc) is 2.58. The van der Waals surface area contributed by atoms with Gasteiger partial charge in [0, 0.05) is 18.6 Å². The lowest BCUT2D eigenvalue weighted by atomic mass is 10.1. The molecule has 7 nitrogen and oxygen atoms in total. The van der Waals surface area contributed by atoms with Crippen LogP contribution in [0, 0.1) is 0 Å². The zero-order chi connectivity index (χ0) is 20.4. The van der Waals surface area contributed by atoms with Crippen LogP contribution in [-0.4, -0.2) is 63.1 Å². The Balaban J connectivity index is 2.75. The van der Waals surface area contributed by atoms with Gasteiger partial charge in [0.25, 0.3) is 0 Å². The lowest BCUT2D eigenvalue weighted by Crippen LogP contribution is -2.44. The second-order valence-corrected chi connectivity index (χ2v) is 7.63. The molecule has 3 N–H and O–H groups in total. The first kappa shape index (κ1) is 22.8. The number of ether oxygens (including phenoxy) is 1. The van der Waals surface area contributed by atoms with Crippen molar-refractivity contribution in [1.82, 2.24) is 20.9 Å². The maximum Gasteiger partial charge on any atom is 0.242 e. The molecule has 1 unspecified atom stereocenters. The lowest BCUT2D eigenvalue weighted by Gasteiger charge is -2.26. The molecule has 152 valence electrons.